The normalized spacial score (nSPS) is 10.7. The summed E-state index contributed by atoms with van der Waals surface area (Å²) in [6.45, 7) is 4.32. The fraction of sp³-hybridized carbons (Fsp3) is 0.312. The average Bonchev–Trinajstić information content (AvgIpc) is 2.52. The molecule has 0 radical (unpaired) electrons. The van der Waals surface area contributed by atoms with E-state index in [4.69, 9.17) is 4.74 Å². The van der Waals surface area contributed by atoms with Crippen molar-refractivity contribution in [2.24, 2.45) is 0 Å². The maximum absolute atomic E-state index is 12.0. The van der Waals surface area contributed by atoms with Crippen molar-refractivity contribution in [1.82, 2.24) is 9.97 Å². The van der Waals surface area contributed by atoms with Gasteiger partial charge in [-0.25, -0.2) is 4.98 Å². The van der Waals surface area contributed by atoms with Gasteiger partial charge in [0.2, 0.25) is 0 Å². The van der Waals surface area contributed by atoms with Gasteiger partial charge in [0.15, 0.2) is 5.16 Å². The molecule has 0 bridgehead atoms. The summed E-state index contributed by atoms with van der Waals surface area (Å²) in [5, 5.41) is 9.77. The summed E-state index contributed by atoms with van der Waals surface area (Å²) in [4.78, 5) is 19.0. The molecule has 0 unspecified atom stereocenters. The molecule has 0 saturated heterocycles. The summed E-state index contributed by atoms with van der Waals surface area (Å²) in [6.07, 6.45) is 1.92. The van der Waals surface area contributed by atoms with Crippen molar-refractivity contribution in [1.29, 1.82) is 5.26 Å². The topological polar surface area (TPSA) is 78.8 Å². The highest BCUT2D eigenvalue weighted by Crippen LogP contribution is 2.25. The van der Waals surface area contributed by atoms with Crippen LogP contribution in [0.5, 0.6) is 0 Å². The van der Waals surface area contributed by atoms with Crippen LogP contribution in [0.3, 0.4) is 0 Å². The smallest absolute Gasteiger partial charge is 0.270 e. The lowest BCUT2D eigenvalue weighted by Crippen LogP contribution is -2.15. The number of hydrogen-bond donors (Lipinski definition) is 1. The molecular weight excluding hydrogens is 298 g/mol. The van der Waals surface area contributed by atoms with Crippen LogP contribution in [0.4, 0.5) is 0 Å². The Morgan fingerprint density at radius 2 is 2.14 bits per heavy atom. The molecule has 1 aromatic carbocycles. The third-order valence-electron chi connectivity index (χ3n) is 3.05. The second-order valence-corrected chi connectivity index (χ2v) is 5.72. The molecule has 0 amide bonds. The molecule has 0 atom stereocenters. The SMILES string of the molecule is CSc1nc(-c2ccccc2COC(C)C)c(C#N)c(=O)[nH]1. The fourth-order valence-electron chi connectivity index (χ4n) is 1.98. The lowest BCUT2D eigenvalue weighted by molar-refractivity contribution is 0.0659. The number of aromatic amines is 1. The van der Waals surface area contributed by atoms with Crippen molar-refractivity contribution in [2.45, 2.75) is 31.7 Å². The number of nitrogens with zero attached hydrogens (tertiary/aromatic N) is 2. The minimum absolute atomic E-state index is 0.0230. The van der Waals surface area contributed by atoms with Crippen LogP contribution in [-0.2, 0) is 11.3 Å². The molecule has 2 rings (SSSR count). The van der Waals surface area contributed by atoms with E-state index in [0.717, 1.165) is 11.1 Å². The second-order valence-electron chi connectivity index (χ2n) is 4.93. The van der Waals surface area contributed by atoms with Crippen LogP contribution >= 0.6 is 11.8 Å². The Labute approximate surface area is 133 Å². The molecule has 0 saturated carbocycles. The highest BCUT2D eigenvalue weighted by Gasteiger charge is 2.16. The molecule has 0 aliphatic carbocycles. The molecule has 1 heterocycles. The molecule has 0 spiro atoms. The molecule has 5 nitrogen and oxygen atoms in total. The van der Waals surface area contributed by atoms with Gasteiger partial charge in [-0.15, -0.1) is 0 Å². The monoisotopic (exact) mass is 315 g/mol. The first kappa shape index (κ1) is 16.3. The third-order valence-corrected chi connectivity index (χ3v) is 3.63. The Morgan fingerprint density at radius 1 is 1.41 bits per heavy atom. The molecule has 0 fully saturated rings. The first-order chi connectivity index (χ1) is 10.6. The van der Waals surface area contributed by atoms with E-state index in [9.17, 15) is 10.1 Å². The van der Waals surface area contributed by atoms with Crippen LogP contribution in [0.25, 0.3) is 11.3 Å². The Kier molecular flexibility index (Phi) is 5.36. The van der Waals surface area contributed by atoms with E-state index in [-0.39, 0.29) is 11.7 Å². The number of rotatable bonds is 5. The van der Waals surface area contributed by atoms with E-state index < -0.39 is 5.56 Å². The number of aromatic nitrogens is 2. The van der Waals surface area contributed by atoms with E-state index in [1.165, 1.54) is 11.8 Å². The van der Waals surface area contributed by atoms with Crippen molar-refractivity contribution in [3.05, 3.63) is 45.7 Å². The highest BCUT2D eigenvalue weighted by molar-refractivity contribution is 7.98. The highest BCUT2D eigenvalue weighted by atomic mass is 32.2. The summed E-state index contributed by atoms with van der Waals surface area (Å²) in [6, 6.07) is 9.48. The fourth-order valence-corrected chi connectivity index (χ4v) is 2.36. The minimum Gasteiger partial charge on any atom is -0.374 e. The van der Waals surface area contributed by atoms with Gasteiger partial charge < -0.3 is 9.72 Å². The van der Waals surface area contributed by atoms with Gasteiger partial charge in [0, 0.05) is 5.56 Å². The number of benzene rings is 1. The number of nitrogens with one attached hydrogen (secondary N) is 1. The molecule has 22 heavy (non-hydrogen) atoms. The van der Waals surface area contributed by atoms with E-state index in [2.05, 4.69) is 9.97 Å². The van der Waals surface area contributed by atoms with Gasteiger partial charge in [0.25, 0.3) is 5.56 Å². The second kappa shape index (κ2) is 7.25. The maximum Gasteiger partial charge on any atom is 0.270 e. The molecule has 114 valence electrons. The van der Waals surface area contributed by atoms with E-state index in [1.54, 1.807) is 0 Å². The summed E-state index contributed by atoms with van der Waals surface area (Å²) >= 11 is 1.33. The van der Waals surface area contributed by atoms with Crippen LogP contribution in [0.1, 0.15) is 25.0 Å². The van der Waals surface area contributed by atoms with Crippen molar-refractivity contribution < 1.29 is 4.74 Å². The minimum atomic E-state index is -0.420. The van der Waals surface area contributed by atoms with Crippen LogP contribution in [0, 0.1) is 11.3 Å². The van der Waals surface area contributed by atoms with Gasteiger partial charge in [0.05, 0.1) is 18.4 Å². The Morgan fingerprint density at radius 3 is 2.77 bits per heavy atom. The zero-order chi connectivity index (χ0) is 16.1. The van der Waals surface area contributed by atoms with Gasteiger partial charge in [-0.1, -0.05) is 36.0 Å². The van der Waals surface area contributed by atoms with Crippen LogP contribution in [0.15, 0.2) is 34.2 Å². The van der Waals surface area contributed by atoms with Gasteiger partial charge in [-0.3, -0.25) is 4.79 Å². The Balaban J connectivity index is 2.59. The zero-order valence-electron chi connectivity index (χ0n) is 12.7. The molecule has 1 aromatic heterocycles. The third kappa shape index (κ3) is 3.56. The van der Waals surface area contributed by atoms with Crippen LogP contribution in [0.2, 0.25) is 0 Å². The molecule has 0 aliphatic rings. The average molecular weight is 315 g/mol. The van der Waals surface area contributed by atoms with E-state index in [1.807, 2.05) is 50.4 Å². The largest absolute Gasteiger partial charge is 0.374 e. The van der Waals surface area contributed by atoms with Crippen molar-refractivity contribution in [2.75, 3.05) is 6.26 Å². The van der Waals surface area contributed by atoms with Crippen LogP contribution in [-0.4, -0.2) is 22.3 Å². The Hall–Kier alpha value is -2.10. The predicted octanol–water partition coefficient (Wildman–Crippen LogP) is 2.96. The maximum atomic E-state index is 12.0. The van der Waals surface area contributed by atoms with Gasteiger partial charge >= 0.3 is 0 Å². The van der Waals surface area contributed by atoms with E-state index in [0.29, 0.717) is 17.5 Å². The summed E-state index contributed by atoms with van der Waals surface area (Å²) < 4.78 is 5.65. The predicted molar refractivity (Wildman–Crippen MR) is 86.7 cm³/mol. The zero-order valence-corrected chi connectivity index (χ0v) is 13.5. The standard InChI is InChI=1S/C16H17N3O2S/c1-10(2)21-9-11-6-4-5-7-12(11)14-13(8-17)15(20)19-16(18-14)22-3/h4-7,10H,9H2,1-3H3,(H,18,19,20). The van der Waals surface area contributed by atoms with Crippen molar-refractivity contribution in [3.63, 3.8) is 0 Å². The Bertz CT molecular complexity index is 763. The van der Waals surface area contributed by atoms with Gasteiger partial charge in [-0.2, -0.15) is 5.26 Å². The molecule has 1 N–H and O–H groups in total. The number of nitriles is 1. The van der Waals surface area contributed by atoms with E-state index >= 15 is 0 Å². The lowest BCUT2D eigenvalue weighted by atomic mass is 10.0. The molecule has 2 aromatic rings. The molecule has 6 heteroatoms. The first-order valence-electron chi connectivity index (χ1n) is 6.85. The lowest BCUT2D eigenvalue weighted by Gasteiger charge is -2.13. The van der Waals surface area contributed by atoms with Crippen molar-refractivity contribution >= 4 is 11.8 Å². The summed E-state index contributed by atoms with van der Waals surface area (Å²) in [5.74, 6) is 0. The first-order valence-corrected chi connectivity index (χ1v) is 8.07. The molecule has 0 aliphatic heterocycles. The number of ether oxygens (including phenoxy) is 1. The number of hydrogen-bond acceptors (Lipinski definition) is 5. The summed E-state index contributed by atoms with van der Waals surface area (Å²) in [5.41, 5.74) is 1.66. The van der Waals surface area contributed by atoms with Gasteiger partial charge in [-0.05, 0) is 25.7 Å². The summed E-state index contributed by atoms with van der Waals surface area (Å²) in [7, 11) is 0. The number of thioether (sulfide) groups is 1. The van der Waals surface area contributed by atoms with Crippen LogP contribution < -0.4 is 5.56 Å². The quantitative estimate of drug-likeness (QED) is 0.678. The number of H-pyrrole nitrogens is 1. The van der Waals surface area contributed by atoms with Gasteiger partial charge in [0.1, 0.15) is 11.6 Å². The molecular formula is C16H17N3O2S. The van der Waals surface area contributed by atoms with Crippen molar-refractivity contribution in [3.8, 4) is 17.3 Å².